The summed E-state index contributed by atoms with van der Waals surface area (Å²) >= 11 is 6.22. The minimum Gasteiger partial charge on any atom is -0.489 e. The molecule has 0 spiro atoms. The molecule has 20 heavy (non-hydrogen) atoms. The Morgan fingerprint density at radius 2 is 1.75 bits per heavy atom. The molecular formula is C17H22ClNO. The van der Waals surface area contributed by atoms with Crippen molar-refractivity contribution in [1.29, 1.82) is 0 Å². The lowest BCUT2D eigenvalue weighted by atomic mass is 10.1. The highest BCUT2D eigenvalue weighted by molar-refractivity contribution is 6.35. The normalized spacial score (nSPS) is 13.4. The van der Waals surface area contributed by atoms with E-state index in [0.29, 0.717) is 0 Å². The van der Waals surface area contributed by atoms with Gasteiger partial charge in [-0.3, -0.25) is 0 Å². The van der Waals surface area contributed by atoms with Gasteiger partial charge < -0.3 is 10.1 Å². The van der Waals surface area contributed by atoms with Crippen LogP contribution in [0, 0.1) is 0 Å². The van der Waals surface area contributed by atoms with Crippen LogP contribution in [-0.2, 0) is 0 Å². The van der Waals surface area contributed by atoms with E-state index in [2.05, 4.69) is 33.0 Å². The van der Waals surface area contributed by atoms with Gasteiger partial charge in [0.05, 0.1) is 0 Å². The predicted molar refractivity (Wildman–Crippen MR) is 86.8 cm³/mol. The van der Waals surface area contributed by atoms with E-state index in [0.717, 1.165) is 28.1 Å². The number of ether oxygens (including phenoxy) is 1. The third-order valence-electron chi connectivity index (χ3n) is 3.08. The van der Waals surface area contributed by atoms with Gasteiger partial charge >= 0.3 is 0 Å². The Morgan fingerprint density at radius 1 is 1.10 bits per heavy atom. The molecule has 0 bridgehead atoms. The smallest absolute Gasteiger partial charge is 0.127 e. The van der Waals surface area contributed by atoms with Crippen molar-refractivity contribution in [2.75, 3.05) is 6.54 Å². The first kappa shape index (κ1) is 15.1. The van der Waals surface area contributed by atoms with Crippen LogP contribution in [0.3, 0.4) is 0 Å². The monoisotopic (exact) mass is 291 g/mol. The molecule has 2 rings (SSSR count). The number of nitrogens with one attached hydrogen (secondary N) is 1. The highest BCUT2D eigenvalue weighted by atomic mass is 35.5. The minimum atomic E-state index is 0.0961. The topological polar surface area (TPSA) is 21.3 Å². The van der Waals surface area contributed by atoms with Crippen LogP contribution in [0.15, 0.2) is 36.4 Å². The van der Waals surface area contributed by atoms with Crippen LogP contribution in [-0.4, -0.2) is 18.2 Å². The SMILES string of the molecule is CC(CNC(C)(C)C)Oc1ccc(Cl)c2ccccc12. The Balaban J connectivity index is 2.16. The van der Waals surface area contributed by atoms with E-state index in [-0.39, 0.29) is 11.6 Å². The molecule has 0 saturated carbocycles. The first-order valence-corrected chi connectivity index (χ1v) is 7.33. The predicted octanol–water partition coefficient (Wildman–Crippen LogP) is 4.65. The van der Waals surface area contributed by atoms with Gasteiger partial charge in [-0.05, 0) is 39.8 Å². The van der Waals surface area contributed by atoms with Gasteiger partial charge in [-0.15, -0.1) is 0 Å². The summed E-state index contributed by atoms with van der Waals surface area (Å²) in [4.78, 5) is 0. The van der Waals surface area contributed by atoms with Crippen molar-refractivity contribution < 1.29 is 4.74 Å². The van der Waals surface area contributed by atoms with E-state index < -0.39 is 0 Å². The van der Waals surface area contributed by atoms with Crippen molar-refractivity contribution in [1.82, 2.24) is 5.32 Å². The van der Waals surface area contributed by atoms with E-state index in [1.807, 2.05) is 36.4 Å². The lowest BCUT2D eigenvalue weighted by Gasteiger charge is -2.24. The maximum Gasteiger partial charge on any atom is 0.127 e. The van der Waals surface area contributed by atoms with Gasteiger partial charge in [0.2, 0.25) is 0 Å². The Kier molecular flexibility index (Phi) is 4.56. The van der Waals surface area contributed by atoms with Gasteiger partial charge in [0.1, 0.15) is 11.9 Å². The molecule has 1 unspecified atom stereocenters. The van der Waals surface area contributed by atoms with Crippen LogP contribution in [0.1, 0.15) is 27.7 Å². The Labute approximate surface area is 126 Å². The summed E-state index contributed by atoms with van der Waals surface area (Å²) in [5, 5.41) is 6.30. The van der Waals surface area contributed by atoms with Gasteiger partial charge in [-0.2, -0.15) is 0 Å². The van der Waals surface area contributed by atoms with Crippen molar-refractivity contribution in [3.8, 4) is 5.75 Å². The summed E-state index contributed by atoms with van der Waals surface area (Å²) in [6, 6.07) is 11.9. The Morgan fingerprint density at radius 3 is 2.40 bits per heavy atom. The Hall–Kier alpha value is -1.25. The summed E-state index contributed by atoms with van der Waals surface area (Å²) < 4.78 is 6.06. The molecule has 1 atom stereocenters. The fourth-order valence-electron chi connectivity index (χ4n) is 2.05. The molecule has 0 aliphatic carbocycles. The van der Waals surface area contributed by atoms with Crippen molar-refractivity contribution in [3.05, 3.63) is 41.4 Å². The number of hydrogen-bond donors (Lipinski definition) is 1. The fourth-order valence-corrected chi connectivity index (χ4v) is 2.27. The molecule has 1 N–H and O–H groups in total. The third-order valence-corrected chi connectivity index (χ3v) is 3.41. The summed E-state index contributed by atoms with van der Waals surface area (Å²) in [6.45, 7) is 9.33. The van der Waals surface area contributed by atoms with Gasteiger partial charge in [0.15, 0.2) is 0 Å². The maximum atomic E-state index is 6.22. The first-order valence-electron chi connectivity index (χ1n) is 6.96. The van der Waals surface area contributed by atoms with E-state index in [9.17, 15) is 0 Å². The maximum absolute atomic E-state index is 6.22. The van der Waals surface area contributed by atoms with Crippen LogP contribution < -0.4 is 10.1 Å². The first-order chi connectivity index (χ1) is 9.37. The molecule has 0 fully saturated rings. The van der Waals surface area contributed by atoms with E-state index >= 15 is 0 Å². The molecule has 0 aliphatic rings. The number of benzene rings is 2. The van der Waals surface area contributed by atoms with Gasteiger partial charge in [0.25, 0.3) is 0 Å². The van der Waals surface area contributed by atoms with E-state index in [4.69, 9.17) is 16.3 Å². The summed E-state index contributed by atoms with van der Waals surface area (Å²) in [7, 11) is 0. The standard InChI is InChI=1S/C17H22ClNO/c1-12(11-19-17(2,3)4)20-16-10-9-15(18)13-7-5-6-8-14(13)16/h5-10,12,19H,11H2,1-4H3. The molecule has 0 aliphatic heterocycles. The fraction of sp³-hybridized carbons (Fsp3) is 0.412. The quantitative estimate of drug-likeness (QED) is 0.885. The second kappa shape index (κ2) is 6.02. The average molecular weight is 292 g/mol. The third kappa shape index (κ3) is 3.87. The molecule has 2 nitrogen and oxygen atoms in total. The molecular weight excluding hydrogens is 270 g/mol. The zero-order chi connectivity index (χ0) is 14.8. The molecule has 0 radical (unpaired) electrons. The largest absolute Gasteiger partial charge is 0.489 e. The molecule has 0 heterocycles. The lowest BCUT2D eigenvalue weighted by Crippen LogP contribution is -2.41. The summed E-state index contributed by atoms with van der Waals surface area (Å²) in [5.41, 5.74) is 0.0969. The van der Waals surface area contributed by atoms with E-state index in [1.54, 1.807) is 0 Å². The van der Waals surface area contributed by atoms with Gasteiger partial charge in [0, 0.05) is 27.9 Å². The molecule has 0 saturated heterocycles. The second-order valence-corrected chi connectivity index (χ2v) is 6.56. The van der Waals surface area contributed by atoms with Gasteiger partial charge in [-0.1, -0.05) is 35.9 Å². The average Bonchev–Trinajstić information content (AvgIpc) is 2.39. The van der Waals surface area contributed by atoms with Crippen LogP contribution in [0.4, 0.5) is 0 Å². The number of hydrogen-bond acceptors (Lipinski definition) is 2. The molecule has 3 heteroatoms. The molecule has 108 valence electrons. The summed E-state index contributed by atoms with van der Waals surface area (Å²) in [6.07, 6.45) is 0.0961. The zero-order valence-electron chi connectivity index (χ0n) is 12.5. The summed E-state index contributed by atoms with van der Waals surface area (Å²) in [5.74, 6) is 0.883. The highest BCUT2D eigenvalue weighted by Crippen LogP contribution is 2.31. The molecule has 0 amide bonds. The van der Waals surface area contributed by atoms with Crippen molar-refractivity contribution >= 4 is 22.4 Å². The van der Waals surface area contributed by atoms with Crippen molar-refractivity contribution in [3.63, 3.8) is 0 Å². The number of fused-ring (bicyclic) bond motifs is 1. The number of halogens is 1. The van der Waals surface area contributed by atoms with E-state index in [1.165, 1.54) is 0 Å². The molecule has 0 aromatic heterocycles. The van der Waals surface area contributed by atoms with Crippen molar-refractivity contribution in [2.24, 2.45) is 0 Å². The minimum absolute atomic E-state index is 0.0961. The molecule has 2 aromatic carbocycles. The van der Waals surface area contributed by atoms with Crippen LogP contribution in [0.5, 0.6) is 5.75 Å². The molecule has 2 aromatic rings. The lowest BCUT2D eigenvalue weighted by molar-refractivity contribution is 0.205. The zero-order valence-corrected chi connectivity index (χ0v) is 13.3. The highest BCUT2D eigenvalue weighted by Gasteiger charge is 2.13. The van der Waals surface area contributed by atoms with Crippen LogP contribution in [0.25, 0.3) is 10.8 Å². The number of rotatable bonds is 4. The van der Waals surface area contributed by atoms with Crippen LogP contribution >= 0.6 is 11.6 Å². The Bertz CT molecular complexity index is 589. The second-order valence-electron chi connectivity index (χ2n) is 6.15. The van der Waals surface area contributed by atoms with Crippen molar-refractivity contribution in [2.45, 2.75) is 39.3 Å². The van der Waals surface area contributed by atoms with Gasteiger partial charge in [-0.25, -0.2) is 0 Å². The van der Waals surface area contributed by atoms with Crippen LogP contribution in [0.2, 0.25) is 5.02 Å².